The molecule has 0 radical (unpaired) electrons. The molecule has 2 bridgehead atoms. The highest BCUT2D eigenvalue weighted by Crippen LogP contribution is 2.51. The van der Waals surface area contributed by atoms with Crippen LogP contribution in [0.2, 0.25) is 0 Å². The third-order valence-electron chi connectivity index (χ3n) is 6.21. The van der Waals surface area contributed by atoms with Crippen molar-refractivity contribution in [3.8, 4) is 0 Å². The van der Waals surface area contributed by atoms with Gasteiger partial charge in [-0.2, -0.15) is 0 Å². The average molecular weight is 389 g/mol. The van der Waals surface area contributed by atoms with Gasteiger partial charge in [-0.1, -0.05) is 42.5 Å². The molecule has 3 aliphatic rings. The zero-order valence-corrected chi connectivity index (χ0v) is 16.0. The molecule has 5 rings (SSSR count). The first kappa shape index (κ1) is 18.1. The fourth-order valence-electron chi connectivity index (χ4n) is 4.78. The van der Waals surface area contributed by atoms with E-state index in [0.29, 0.717) is 19.6 Å². The van der Waals surface area contributed by atoms with E-state index in [1.165, 1.54) is 5.56 Å². The van der Waals surface area contributed by atoms with Gasteiger partial charge in [0.2, 0.25) is 11.8 Å². The number of nitrogens with zero attached hydrogens (tertiary/aromatic N) is 2. The van der Waals surface area contributed by atoms with Gasteiger partial charge in [0.1, 0.15) is 5.60 Å². The largest absolute Gasteiger partial charge is 0.360 e. The van der Waals surface area contributed by atoms with Gasteiger partial charge in [-0.05, 0) is 29.7 Å². The van der Waals surface area contributed by atoms with Crippen molar-refractivity contribution in [1.29, 1.82) is 0 Å². The molecule has 1 N–H and O–H groups in total. The molecule has 2 fully saturated rings. The van der Waals surface area contributed by atoms with E-state index in [4.69, 9.17) is 4.74 Å². The molecule has 1 aromatic heterocycles. The SMILES string of the molecule is O=C(NCc1ccncc1)C1C2C(=O)N(CCc3ccccc3)C[C@@]23C=C[C@H]1O3. The van der Waals surface area contributed by atoms with Crippen LogP contribution in [0.3, 0.4) is 0 Å². The maximum absolute atomic E-state index is 13.2. The molecule has 148 valence electrons. The summed E-state index contributed by atoms with van der Waals surface area (Å²) in [6, 6.07) is 13.9. The van der Waals surface area contributed by atoms with Crippen molar-refractivity contribution in [3.05, 3.63) is 78.1 Å². The molecule has 0 saturated carbocycles. The second-order valence-corrected chi connectivity index (χ2v) is 7.97. The number of hydrogen-bond acceptors (Lipinski definition) is 4. The van der Waals surface area contributed by atoms with E-state index in [0.717, 1.165) is 12.0 Å². The lowest BCUT2D eigenvalue weighted by Gasteiger charge is -2.23. The maximum Gasteiger partial charge on any atom is 0.230 e. The lowest BCUT2D eigenvalue weighted by atomic mass is 9.77. The predicted octanol–water partition coefficient (Wildman–Crippen LogP) is 1.72. The van der Waals surface area contributed by atoms with Gasteiger partial charge >= 0.3 is 0 Å². The van der Waals surface area contributed by atoms with Gasteiger partial charge in [0.25, 0.3) is 0 Å². The first-order chi connectivity index (χ1) is 14.2. The summed E-state index contributed by atoms with van der Waals surface area (Å²) in [6.45, 7) is 1.57. The number of carbonyl (C=O) groups excluding carboxylic acids is 2. The Morgan fingerprint density at radius 1 is 1.17 bits per heavy atom. The first-order valence-corrected chi connectivity index (χ1v) is 10.0. The zero-order valence-electron chi connectivity index (χ0n) is 16.0. The van der Waals surface area contributed by atoms with Crippen LogP contribution >= 0.6 is 0 Å². The molecule has 6 heteroatoms. The molecule has 1 aromatic carbocycles. The van der Waals surface area contributed by atoms with E-state index in [-0.39, 0.29) is 17.9 Å². The molecule has 0 aliphatic carbocycles. The fourth-order valence-corrected chi connectivity index (χ4v) is 4.78. The summed E-state index contributed by atoms with van der Waals surface area (Å²) in [5.74, 6) is -1.01. The standard InChI is InChI=1S/C23H23N3O3/c27-21(25-14-17-7-11-24-12-8-17)19-18-6-10-23(29-18)15-26(22(28)20(19)23)13-9-16-4-2-1-3-5-16/h1-8,10-12,18-20H,9,13-15H2,(H,25,27)/t18-,19?,20?,23+/m1/s1. The number of likely N-dealkylation sites (tertiary alicyclic amines) is 1. The molecule has 3 aliphatic heterocycles. The molecule has 2 amide bonds. The lowest BCUT2D eigenvalue weighted by molar-refractivity contribution is -0.137. The van der Waals surface area contributed by atoms with Crippen molar-refractivity contribution in [3.63, 3.8) is 0 Å². The smallest absolute Gasteiger partial charge is 0.230 e. The van der Waals surface area contributed by atoms with Crippen molar-refractivity contribution in [2.75, 3.05) is 13.1 Å². The Labute approximate surface area is 169 Å². The van der Waals surface area contributed by atoms with E-state index >= 15 is 0 Å². The Morgan fingerprint density at radius 2 is 1.97 bits per heavy atom. The fraction of sp³-hybridized carbons (Fsp3) is 0.348. The predicted molar refractivity (Wildman–Crippen MR) is 107 cm³/mol. The third kappa shape index (κ3) is 3.13. The first-order valence-electron chi connectivity index (χ1n) is 10.0. The molecular formula is C23H23N3O3. The Bertz CT molecular complexity index is 946. The van der Waals surface area contributed by atoms with E-state index in [1.807, 2.05) is 47.4 Å². The van der Waals surface area contributed by atoms with Crippen LogP contribution in [0.25, 0.3) is 0 Å². The van der Waals surface area contributed by atoms with Gasteiger partial charge in [0.15, 0.2) is 0 Å². The van der Waals surface area contributed by atoms with Gasteiger partial charge in [0, 0.05) is 25.5 Å². The minimum atomic E-state index is -0.656. The van der Waals surface area contributed by atoms with Crippen LogP contribution in [0.15, 0.2) is 67.0 Å². The summed E-state index contributed by atoms with van der Waals surface area (Å²) in [7, 11) is 0. The second kappa shape index (κ2) is 7.12. The van der Waals surface area contributed by atoms with Gasteiger partial charge in [-0.25, -0.2) is 0 Å². The highest BCUT2D eigenvalue weighted by Gasteiger charge is 2.66. The average Bonchev–Trinajstić information content (AvgIpc) is 3.40. The number of ether oxygens (including phenoxy) is 1. The molecule has 1 spiro atoms. The van der Waals surface area contributed by atoms with Crippen molar-refractivity contribution in [1.82, 2.24) is 15.2 Å². The number of amides is 2. The van der Waals surface area contributed by atoms with Crippen molar-refractivity contribution < 1.29 is 14.3 Å². The quantitative estimate of drug-likeness (QED) is 0.764. The number of benzene rings is 1. The van der Waals surface area contributed by atoms with Crippen molar-refractivity contribution in [2.24, 2.45) is 11.8 Å². The lowest BCUT2D eigenvalue weighted by Crippen LogP contribution is -2.44. The second-order valence-electron chi connectivity index (χ2n) is 7.97. The minimum absolute atomic E-state index is 0.0249. The van der Waals surface area contributed by atoms with Crippen LogP contribution in [-0.4, -0.2) is 46.5 Å². The van der Waals surface area contributed by atoms with Crippen LogP contribution < -0.4 is 5.32 Å². The molecule has 4 heterocycles. The van der Waals surface area contributed by atoms with Crippen molar-refractivity contribution >= 4 is 11.8 Å². The number of nitrogens with one attached hydrogen (secondary N) is 1. The number of rotatable bonds is 6. The molecule has 29 heavy (non-hydrogen) atoms. The third-order valence-corrected chi connectivity index (χ3v) is 6.21. The molecule has 2 aromatic rings. The highest BCUT2D eigenvalue weighted by molar-refractivity contribution is 5.93. The minimum Gasteiger partial charge on any atom is -0.360 e. The van der Waals surface area contributed by atoms with Crippen LogP contribution in [0.4, 0.5) is 0 Å². The Balaban J connectivity index is 1.28. The number of aromatic nitrogens is 1. The van der Waals surface area contributed by atoms with Gasteiger partial charge in [-0.15, -0.1) is 0 Å². The molecule has 2 unspecified atom stereocenters. The molecule has 4 atom stereocenters. The number of carbonyl (C=O) groups is 2. The van der Waals surface area contributed by atoms with Crippen LogP contribution in [0, 0.1) is 11.8 Å². The summed E-state index contributed by atoms with van der Waals surface area (Å²) >= 11 is 0. The summed E-state index contributed by atoms with van der Waals surface area (Å²) in [4.78, 5) is 32.0. The van der Waals surface area contributed by atoms with Crippen LogP contribution in [0.1, 0.15) is 11.1 Å². The molecule has 2 saturated heterocycles. The Kier molecular flexibility index (Phi) is 4.43. The summed E-state index contributed by atoms with van der Waals surface area (Å²) in [6.07, 6.45) is 7.81. The van der Waals surface area contributed by atoms with Crippen LogP contribution in [0.5, 0.6) is 0 Å². The van der Waals surface area contributed by atoms with Crippen molar-refractivity contribution in [2.45, 2.75) is 24.7 Å². The van der Waals surface area contributed by atoms with E-state index in [1.54, 1.807) is 12.4 Å². The zero-order chi connectivity index (χ0) is 19.8. The normalized spacial score (nSPS) is 29.3. The van der Waals surface area contributed by atoms with Gasteiger partial charge in [-0.3, -0.25) is 14.6 Å². The van der Waals surface area contributed by atoms with E-state index in [9.17, 15) is 9.59 Å². The monoisotopic (exact) mass is 389 g/mol. The summed E-state index contributed by atoms with van der Waals surface area (Å²) in [5, 5.41) is 2.98. The maximum atomic E-state index is 13.2. The Morgan fingerprint density at radius 3 is 2.76 bits per heavy atom. The van der Waals surface area contributed by atoms with E-state index in [2.05, 4.69) is 22.4 Å². The molecular weight excluding hydrogens is 366 g/mol. The number of hydrogen-bond donors (Lipinski definition) is 1. The number of fused-ring (bicyclic) bond motifs is 1. The van der Waals surface area contributed by atoms with Crippen LogP contribution in [-0.2, 0) is 27.3 Å². The topological polar surface area (TPSA) is 71.5 Å². The summed E-state index contributed by atoms with van der Waals surface area (Å²) in [5.41, 5.74) is 1.52. The molecule has 6 nitrogen and oxygen atoms in total. The van der Waals surface area contributed by atoms with E-state index < -0.39 is 17.4 Å². The summed E-state index contributed by atoms with van der Waals surface area (Å²) < 4.78 is 6.18. The van der Waals surface area contributed by atoms with Gasteiger partial charge in [0.05, 0.1) is 24.5 Å². The highest BCUT2D eigenvalue weighted by atomic mass is 16.5. The van der Waals surface area contributed by atoms with Gasteiger partial charge < -0.3 is 15.0 Å². The Hall–Kier alpha value is -2.99. The number of pyridine rings is 1.